The number of hydrogen-bond acceptors (Lipinski definition) is 9. The lowest BCUT2D eigenvalue weighted by atomic mass is 10.1. The first-order valence-corrected chi connectivity index (χ1v) is 11.9. The molecule has 0 unspecified atom stereocenters. The molecule has 1 aliphatic rings. The molecule has 0 radical (unpaired) electrons. The van der Waals surface area contributed by atoms with Crippen molar-refractivity contribution in [1.82, 2.24) is 9.97 Å². The van der Waals surface area contributed by atoms with E-state index in [1.54, 1.807) is 36.4 Å². The molecular formula is C28H32N6O5. The Morgan fingerprint density at radius 3 is 2.64 bits per heavy atom. The first-order valence-electron chi connectivity index (χ1n) is 11.9. The maximum atomic E-state index is 12.0. The smallest absolute Gasteiger partial charge is 0.255 e. The van der Waals surface area contributed by atoms with Gasteiger partial charge in [-0.25, -0.2) is 4.98 Å². The van der Waals surface area contributed by atoms with Crippen molar-refractivity contribution >= 4 is 34.9 Å². The topological polar surface area (TPSA) is 163 Å². The summed E-state index contributed by atoms with van der Waals surface area (Å²) in [5.41, 5.74) is 13.0. The highest BCUT2D eigenvalue weighted by atomic mass is 16.5. The Balaban J connectivity index is 0.00000420. The fourth-order valence-corrected chi connectivity index (χ4v) is 4.24. The Morgan fingerprint density at radius 2 is 1.95 bits per heavy atom. The maximum absolute atomic E-state index is 12.0. The summed E-state index contributed by atoms with van der Waals surface area (Å²) in [6.45, 7) is 4.21. The lowest BCUT2D eigenvalue weighted by molar-refractivity contribution is -0.119. The summed E-state index contributed by atoms with van der Waals surface area (Å²) in [6, 6.07) is 11.9. The summed E-state index contributed by atoms with van der Waals surface area (Å²) in [5.74, 6) is -0.468. The number of rotatable bonds is 11. The number of para-hydroxylation sites is 1. The molecule has 5 N–H and O–H groups in total. The number of nitrogens with one attached hydrogen (secondary N) is 1. The minimum atomic E-state index is -0.775. The Bertz CT molecular complexity index is 1390. The Hall–Kier alpha value is -4.93. The fraction of sp³-hybridized carbons (Fsp3) is 0.250. The normalized spacial score (nSPS) is 14.2. The van der Waals surface area contributed by atoms with Gasteiger partial charge < -0.3 is 31.2 Å². The van der Waals surface area contributed by atoms with Gasteiger partial charge >= 0.3 is 0 Å². The molecule has 1 aromatic heterocycles. The van der Waals surface area contributed by atoms with Crippen LogP contribution in [0.1, 0.15) is 36.2 Å². The van der Waals surface area contributed by atoms with E-state index in [4.69, 9.17) is 20.9 Å². The van der Waals surface area contributed by atoms with Crippen molar-refractivity contribution in [3.63, 3.8) is 0 Å². The van der Waals surface area contributed by atoms with Gasteiger partial charge in [-0.15, -0.1) is 0 Å². The predicted octanol–water partition coefficient (Wildman–Crippen LogP) is 3.51. The standard InChI is InChI=1S/C27H28N6O5.CH4/c1-3-18(34)13-16-7-4-5-9-22(16)38-26-19(24(28)35)15-30-27(32-26)31-20-11-10-17(14-23(20)37-2)33-12-6-8-21(33)25(29)36;/h3-5,7,9-11,14-15,21H,1,6,8,12-13H2,2H3,(H2,28,35)(H2,29,36)(H,30,31,32);1H4/t21-;/m1./s1. The third-order valence-electron chi connectivity index (χ3n) is 6.14. The van der Waals surface area contributed by atoms with Gasteiger partial charge in [0.15, 0.2) is 5.78 Å². The van der Waals surface area contributed by atoms with E-state index in [0.29, 0.717) is 35.7 Å². The third kappa shape index (κ3) is 6.50. The summed E-state index contributed by atoms with van der Waals surface area (Å²) in [6.07, 6.45) is 4.12. The molecule has 2 amide bonds. The highest BCUT2D eigenvalue weighted by Gasteiger charge is 2.29. The molecule has 0 spiro atoms. The van der Waals surface area contributed by atoms with Crippen molar-refractivity contribution in [2.45, 2.75) is 32.7 Å². The fourth-order valence-electron chi connectivity index (χ4n) is 4.24. The molecule has 1 atom stereocenters. The van der Waals surface area contributed by atoms with Crippen LogP contribution in [0.4, 0.5) is 17.3 Å². The summed E-state index contributed by atoms with van der Waals surface area (Å²) in [7, 11) is 1.52. The Kier molecular flexibility index (Phi) is 9.21. The lowest BCUT2D eigenvalue weighted by Gasteiger charge is -2.25. The average molecular weight is 533 g/mol. The number of nitrogens with zero attached hydrogens (tertiary/aromatic N) is 3. The second-order valence-electron chi connectivity index (χ2n) is 8.60. The van der Waals surface area contributed by atoms with Crippen molar-refractivity contribution in [1.29, 1.82) is 0 Å². The number of allylic oxidation sites excluding steroid dienone is 1. The van der Waals surface area contributed by atoms with Crippen molar-refractivity contribution in [2.75, 3.05) is 23.9 Å². The number of methoxy groups -OCH3 is 1. The van der Waals surface area contributed by atoms with Crippen molar-refractivity contribution in [2.24, 2.45) is 11.5 Å². The van der Waals surface area contributed by atoms with E-state index in [9.17, 15) is 14.4 Å². The third-order valence-corrected chi connectivity index (χ3v) is 6.14. The van der Waals surface area contributed by atoms with Gasteiger partial charge in [0.2, 0.25) is 17.7 Å². The zero-order chi connectivity index (χ0) is 27.2. The van der Waals surface area contributed by atoms with Crippen molar-refractivity contribution in [3.8, 4) is 17.4 Å². The predicted molar refractivity (Wildman–Crippen MR) is 149 cm³/mol. The SMILES string of the molecule is C.C=CC(=O)Cc1ccccc1Oc1nc(Nc2ccc(N3CCC[C@@H]3C(N)=O)cc2OC)ncc1C(N)=O. The lowest BCUT2D eigenvalue weighted by Crippen LogP contribution is -2.40. The minimum absolute atomic E-state index is 0. The highest BCUT2D eigenvalue weighted by Crippen LogP contribution is 2.35. The van der Waals surface area contributed by atoms with Crippen LogP contribution in [0.15, 0.2) is 61.3 Å². The number of aromatic nitrogens is 2. The number of carbonyl (C=O) groups excluding carboxylic acids is 3. The summed E-state index contributed by atoms with van der Waals surface area (Å²) < 4.78 is 11.5. The zero-order valence-corrected chi connectivity index (χ0v) is 20.8. The molecule has 11 heteroatoms. The van der Waals surface area contributed by atoms with Gasteiger partial charge in [-0.05, 0) is 37.1 Å². The van der Waals surface area contributed by atoms with Gasteiger partial charge in [0, 0.05) is 36.5 Å². The molecule has 0 aliphatic carbocycles. The second-order valence-corrected chi connectivity index (χ2v) is 8.60. The molecule has 204 valence electrons. The van der Waals surface area contributed by atoms with Crippen LogP contribution in [0, 0.1) is 0 Å². The number of benzene rings is 2. The van der Waals surface area contributed by atoms with Crippen LogP contribution in [0.3, 0.4) is 0 Å². The summed E-state index contributed by atoms with van der Waals surface area (Å²) in [5, 5.41) is 3.07. The first-order chi connectivity index (χ1) is 18.3. The van der Waals surface area contributed by atoms with Crippen LogP contribution >= 0.6 is 0 Å². The quantitative estimate of drug-likeness (QED) is 0.314. The molecule has 1 aliphatic heterocycles. The second kappa shape index (κ2) is 12.5. The van der Waals surface area contributed by atoms with Crippen LogP contribution in [0.2, 0.25) is 0 Å². The molecule has 2 heterocycles. The molecule has 0 bridgehead atoms. The molecule has 1 saturated heterocycles. The average Bonchev–Trinajstić information content (AvgIpc) is 3.40. The van der Waals surface area contributed by atoms with E-state index in [1.165, 1.54) is 19.4 Å². The van der Waals surface area contributed by atoms with E-state index in [1.807, 2.05) is 11.0 Å². The monoisotopic (exact) mass is 532 g/mol. The number of hydrogen-bond donors (Lipinski definition) is 3. The van der Waals surface area contributed by atoms with Gasteiger partial charge in [0.1, 0.15) is 23.1 Å². The first kappa shape index (κ1) is 28.6. The Morgan fingerprint density at radius 1 is 1.18 bits per heavy atom. The van der Waals surface area contributed by atoms with Gasteiger partial charge in [-0.1, -0.05) is 32.2 Å². The van der Waals surface area contributed by atoms with Gasteiger partial charge in [0.05, 0.1) is 12.8 Å². The van der Waals surface area contributed by atoms with Crippen LogP contribution in [-0.2, 0) is 16.0 Å². The molecule has 11 nitrogen and oxygen atoms in total. The highest BCUT2D eigenvalue weighted by molar-refractivity contribution is 5.95. The van der Waals surface area contributed by atoms with Crippen LogP contribution in [0.5, 0.6) is 17.4 Å². The van der Waals surface area contributed by atoms with E-state index in [-0.39, 0.29) is 49.0 Å². The molecule has 39 heavy (non-hydrogen) atoms. The summed E-state index contributed by atoms with van der Waals surface area (Å²) >= 11 is 0. The number of ketones is 1. The van der Waals surface area contributed by atoms with Crippen molar-refractivity contribution < 1.29 is 23.9 Å². The molecule has 3 aromatic rings. The minimum Gasteiger partial charge on any atom is -0.494 e. The Labute approximate surface area is 226 Å². The molecule has 1 fully saturated rings. The van der Waals surface area contributed by atoms with Crippen LogP contribution in [0.25, 0.3) is 0 Å². The number of nitrogens with two attached hydrogens (primary N) is 2. The van der Waals surface area contributed by atoms with E-state index in [2.05, 4.69) is 21.9 Å². The molecule has 4 rings (SSSR count). The van der Waals surface area contributed by atoms with Crippen LogP contribution in [-0.4, -0.2) is 47.3 Å². The maximum Gasteiger partial charge on any atom is 0.255 e. The number of primary amides is 2. The van der Waals surface area contributed by atoms with Gasteiger partial charge in [0.25, 0.3) is 5.91 Å². The number of carbonyl (C=O) groups is 3. The summed E-state index contributed by atoms with van der Waals surface area (Å²) in [4.78, 5) is 46.3. The number of amides is 2. The van der Waals surface area contributed by atoms with E-state index >= 15 is 0 Å². The number of ether oxygens (including phenoxy) is 2. The van der Waals surface area contributed by atoms with E-state index < -0.39 is 5.91 Å². The van der Waals surface area contributed by atoms with Gasteiger partial charge in [-0.2, -0.15) is 4.98 Å². The largest absolute Gasteiger partial charge is 0.494 e. The zero-order valence-electron chi connectivity index (χ0n) is 20.8. The molecule has 0 saturated carbocycles. The molecular weight excluding hydrogens is 500 g/mol. The van der Waals surface area contributed by atoms with Crippen molar-refractivity contribution in [3.05, 3.63) is 72.4 Å². The molecule has 2 aromatic carbocycles. The van der Waals surface area contributed by atoms with Gasteiger partial charge in [-0.3, -0.25) is 14.4 Å². The van der Waals surface area contributed by atoms with E-state index in [0.717, 1.165) is 12.1 Å². The van der Waals surface area contributed by atoms with Crippen LogP contribution < -0.4 is 31.2 Å². The number of anilines is 3.